The predicted octanol–water partition coefficient (Wildman–Crippen LogP) is 4.62. The number of carbonyl (C=O) groups excluding carboxylic acids is 1. The zero-order chi connectivity index (χ0) is 22.1. The fourth-order valence-electron chi connectivity index (χ4n) is 3.66. The predicted molar refractivity (Wildman–Crippen MR) is 126 cm³/mol. The number of amides is 1. The summed E-state index contributed by atoms with van der Waals surface area (Å²) in [7, 11) is 3.99. The van der Waals surface area contributed by atoms with Gasteiger partial charge >= 0.3 is 5.63 Å². The van der Waals surface area contributed by atoms with Crippen molar-refractivity contribution in [3.63, 3.8) is 0 Å². The van der Waals surface area contributed by atoms with Gasteiger partial charge in [0.1, 0.15) is 11.1 Å². The van der Waals surface area contributed by atoms with Gasteiger partial charge < -0.3 is 9.32 Å². The van der Waals surface area contributed by atoms with Crippen molar-refractivity contribution < 1.29 is 9.21 Å². The van der Waals surface area contributed by atoms with Crippen LogP contribution in [0.25, 0.3) is 21.2 Å². The highest BCUT2D eigenvalue weighted by Crippen LogP contribution is 2.32. The van der Waals surface area contributed by atoms with E-state index in [0.29, 0.717) is 17.3 Å². The Morgan fingerprint density at radius 3 is 2.65 bits per heavy atom. The number of aryl methyl sites for hydroxylation is 2. The number of hydrogen-bond acceptors (Lipinski definition) is 6. The maximum absolute atomic E-state index is 13.5. The molecule has 0 fully saturated rings. The minimum atomic E-state index is -0.630. The molecule has 0 aliphatic rings. The van der Waals surface area contributed by atoms with Crippen LogP contribution in [0.15, 0.2) is 51.7 Å². The summed E-state index contributed by atoms with van der Waals surface area (Å²) in [5.74, 6) is -0.383. The van der Waals surface area contributed by atoms with Crippen LogP contribution in [-0.2, 0) is 0 Å². The summed E-state index contributed by atoms with van der Waals surface area (Å²) in [6.45, 7) is 5.35. The number of nitrogens with zero attached hydrogens (tertiary/aromatic N) is 3. The average Bonchev–Trinajstić information content (AvgIpc) is 3.14. The number of benzene rings is 2. The van der Waals surface area contributed by atoms with Gasteiger partial charge in [-0.1, -0.05) is 35.6 Å². The van der Waals surface area contributed by atoms with Crippen LogP contribution in [0, 0.1) is 13.8 Å². The molecule has 31 heavy (non-hydrogen) atoms. The Labute approximate surface area is 184 Å². The van der Waals surface area contributed by atoms with Gasteiger partial charge in [-0.15, -0.1) is 0 Å². The third kappa shape index (κ3) is 4.38. The Kier molecular flexibility index (Phi) is 5.89. The summed E-state index contributed by atoms with van der Waals surface area (Å²) in [5.41, 5.74) is 2.98. The number of rotatable bonds is 6. The highest BCUT2D eigenvalue weighted by Gasteiger charge is 2.25. The zero-order valence-corrected chi connectivity index (χ0v) is 19.0. The Bertz CT molecular complexity index is 1320. The molecule has 0 N–H and O–H groups in total. The van der Waals surface area contributed by atoms with Crippen molar-refractivity contribution in [3.05, 3.63) is 69.6 Å². The first-order chi connectivity index (χ1) is 14.8. The molecule has 6 nitrogen and oxygen atoms in total. The number of hydrogen-bond donors (Lipinski definition) is 0. The number of anilines is 1. The molecule has 2 aromatic carbocycles. The van der Waals surface area contributed by atoms with Gasteiger partial charge in [0, 0.05) is 11.9 Å². The molecule has 0 saturated heterocycles. The first-order valence-electron chi connectivity index (χ1n) is 10.2. The molecular formula is C24H25N3O3S. The lowest BCUT2D eigenvalue weighted by molar-refractivity contribution is 0.0982. The van der Waals surface area contributed by atoms with Crippen molar-refractivity contribution >= 4 is 43.6 Å². The van der Waals surface area contributed by atoms with E-state index >= 15 is 0 Å². The molecule has 0 atom stereocenters. The molecule has 0 aliphatic carbocycles. The van der Waals surface area contributed by atoms with Crippen molar-refractivity contribution in [1.29, 1.82) is 0 Å². The van der Waals surface area contributed by atoms with E-state index in [9.17, 15) is 9.59 Å². The maximum atomic E-state index is 13.5. The molecule has 0 aliphatic heterocycles. The monoisotopic (exact) mass is 435 g/mol. The lowest BCUT2D eigenvalue weighted by atomic mass is 10.1. The molecule has 160 valence electrons. The molecular weight excluding hydrogens is 410 g/mol. The van der Waals surface area contributed by atoms with Crippen molar-refractivity contribution in [1.82, 2.24) is 9.88 Å². The molecule has 0 radical (unpaired) electrons. The molecule has 0 unspecified atom stereocenters. The van der Waals surface area contributed by atoms with Gasteiger partial charge in [0.15, 0.2) is 5.13 Å². The zero-order valence-electron chi connectivity index (χ0n) is 18.1. The quantitative estimate of drug-likeness (QED) is 0.414. The molecule has 0 saturated carbocycles. The van der Waals surface area contributed by atoms with E-state index < -0.39 is 5.63 Å². The average molecular weight is 436 g/mol. The highest BCUT2D eigenvalue weighted by atomic mass is 32.1. The minimum Gasteiger partial charge on any atom is -0.422 e. The molecule has 1 amide bonds. The van der Waals surface area contributed by atoms with E-state index in [2.05, 4.69) is 17.0 Å². The van der Waals surface area contributed by atoms with Gasteiger partial charge in [0.05, 0.1) is 10.2 Å². The topological polar surface area (TPSA) is 66.7 Å². The van der Waals surface area contributed by atoms with Gasteiger partial charge in [-0.25, -0.2) is 9.78 Å². The van der Waals surface area contributed by atoms with Crippen molar-refractivity contribution in [2.75, 3.05) is 32.1 Å². The lowest BCUT2D eigenvalue weighted by Crippen LogP contribution is -2.36. The summed E-state index contributed by atoms with van der Waals surface area (Å²) >= 11 is 1.47. The van der Waals surface area contributed by atoms with Gasteiger partial charge in [-0.05, 0) is 70.2 Å². The second-order valence-electron chi connectivity index (χ2n) is 8.02. The fraction of sp³-hybridized carbons (Fsp3) is 0.292. The van der Waals surface area contributed by atoms with E-state index in [-0.39, 0.29) is 11.5 Å². The third-order valence-electron chi connectivity index (χ3n) is 5.15. The number of fused-ring (bicyclic) bond motifs is 2. The fourth-order valence-corrected chi connectivity index (χ4v) is 4.83. The molecule has 2 heterocycles. The number of aromatic nitrogens is 1. The van der Waals surface area contributed by atoms with E-state index in [4.69, 9.17) is 9.40 Å². The van der Waals surface area contributed by atoms with Crippen molar-refractivity contribution in [3.8, 4) is 0 Å². The summed E-state index contributed by atoms with van der Waals surface area (Å²) in [6, 6.07) is 13.0. The molecule has 7 heteroatoms. The first-order valence-corrected chi connectivity index (χ1v) is 11.0. The Morgan fingerprint density at radius 2 is 1.87 bits per heavy atom. The van der Waals surface area contributed by atoms with Gasteiger partial charge in [-0.3, -0.25) is 9.69 Å². The van der Waals surface area contributed by atoms with E-state index in [1.807, 2.05) is 40.1 Å². The van der Waals surface area contributed by atoms with Crippen LogP contribution in [0.1, 0.15) is 27.9 Å². The summed E-state index contributed by atoms with van der Waals surface area (Å²) in [4.78, 5) is 34.6. The smallest absolute Gasteiger partial charge is 0.349 e. The molecule has 2 aromatic heterocycles. The van der Waals surface area contributed by atoms with Gasteiger partial charge in [-0.2, -0.15) is 0 Å². The Balaban J connectivity index is 1.78. The van der Waals surface area contributed by atoms with Crippen molar-refractivity contribution in [2.45, 2.75) is 20.3 Å². The molecule has 0 spiro atoms. The van der Waals surface area contributed by atoms with Crippen molar-refractivity contribution in [2.24, 2.45) is 0 Å². The van der Waals surface area contributed by atoms with E-state index in [0.717, 1.165) is 39.7 Å². The highest BCUT2D eigenvalue weighted by molar-refractivity contribution is 7.22. The first kappa shape index (κ1) is 21.2. The van der Waals surface area contributed by atoms with E-state index in [1.165, 1.54) is 11.3 Å². The van der Waals surface area contributed by atoms with Crippen LogP contribution in [0.4, 0.5) is 5.13 Å². The summed E-state index contributed by atoms with van der Waals surface area (Å²) in [5, 5.41) is 1.31. The van der Waals surface area contributed by atoms with Crippen LogP contribution in [0.2, 0.25) is 0 Å². The summed E-state index contributed by atoms with van der Waals surface area (Å²) < 4.78 is 6.44. The largest absolute Gasteiger partial charge is 0.422 e. The number of para-hydroxylation sites is 1. The third-order valence-corrected chi connectivity index (χ3v) is 6.18. The Morgan fingerprint density at radius 1 is 1.10 bits per heavy atom. The second kappa shape index (κ2) is 8.61. The number of thiazole rings is 1. The van der Waals surface area contributed by atoms with Crippen LogP contribution in [0.5, 0.6) is 0 Å². The van der Waals surface area contributed by atoms with E-state index in [1.54, 1.807) is 23.1 Å². The van der Waals surface area contributed by atoms with Gasteiger partial charge in [0.2, 0.25) is 0 Å². The SMILES string of the molecule is Cc1cc(C)c2nc(N(CCCN(C)C)C(=O)c3cc4ccccc4oc3=O)sc2c1. The standard InChI is InChI=1S/C24H25N3O3S/c1-15-12-16(2)21-20(13-15)31-24(25-21)27(11-7-10-26(3)4)22(28)18-14-17-8-5-6-9-19(17)30-23(18)29/h5-6,8-9,12-14H,7,10-11H2,1-4H3. The van der Waals surface area contributed by atoms with Crippen LogP contribution in [0.3, 0.4) is 0 Å². The van der Waals surface area contributed by atoms with Crippen LogP contribution >= 0.6 is 11.3 Å². The molecule has 4 rings (SSSR count). The Hall–Kier alpha value is -3.03. The molecule has 4 aromatic rings. The normalized spacial score (nSPS) is 11.5. The summed E-state index contributed by atoms with van der Waals surface area (Å²) in [6.07, 6.45) is 0.756. The molecule has 0 bridgehead atoms. The number of carbonyl (C=O) groups is 1. The lowest BCUT2D eigenvalue weighted by Gasteiger charge is -2.20. The van der Waals surface area contributed by atoms with Crippen LogP contribution < -0.4 is 10.5 Å². The maximum Gasteiger partial charge on any atom is 0.349 e. The van der Waals surface area contributed by atoms with Crippen LogP contribution in [-0.4, -0.2) is 43.0 Å². The minimum absolute atomic E-state index is 0.0238. The van der Waals surface area contributed by atoms with Gasteiger partial charge in [0.25, 0.3) is 5.91 Å². The second-order valence-corrected chi connectivity index (χ2v) is 9.03.